The highest BCUT2D eigenvalue weighted by Crippen LogP contribution is 2.28. The van der Waals surface area contributed by atoms with Gasteiger partial charge in [-0.1, -0.05) is 18.2 Å². The molecule has 1 amide bonds. The van der Waals surface area contributed by atoms with Gasteiger partial charge >= 0.3 is 0 Å². The number of furan rings is 1. The van der Waals surface area contributed by atoms with Gasteiger partial charge in [0.15, 0.2) is 0 Å². The Morgan fingerprint density at radius 2 is 1.93 bits per heavy atom. The first-order valence-corrected chi connectivity index (χ1v) is 9.81. The second kappa shape index (κ2) is 9.77. The maximum atomic E-state index is 12.1. The van der Waals surface area contributed by atoms with Crippen LogP contribution >= 0.6 is 0 Å². The van der Waals surface area contributed by atoms with Crippen molar-refractivity contribution >= 4 is 28.4 Å². The molecule has 1 aromatic heterocycles. The van der Waals surface area contributed by atoms with E-state index in [0.29, 0.717) is 31.3 Å². The number of benzene rings is 2. The van der Waals surface area contributed by atoms with Crippen molar-refractivity contribution in [2.45, 2.75) is 6.92 Å². The molecule has 0 aliphatic rings. The van der Waals surface area contributed by atoms with Crippen LogP contribution in [0.1, 0.15) is 12.7 Å². The van der Waals surface area contributed by atoms with Crippen LogP contribution in [0.3, 0.4) is 0 Å². The molecule has 3 aromatic rings. The SMILES string of the molecule is CCOCCNC(=O)/C(C#N)=C/c1ccc(-c2ccc3cc(N(C)C)ccc3c2)o1. The molecule has 0 spiro atoms. The van der Waals surface area contributed by atoms with E-state index < -0.39 is 5.91 Å². The Morgan fingerprint density at radius 1 is 1.17 bits per heavy atom. The molecule has 6 heteroatoms. The Balaban J connectivity index is 1.78. The number of amides is 1. The number of carbonyl (C=O) groups excluding carboxylic acids is 1. The summed E-state index contributed by atoms with van der Waals surface area (Å²) in [7, 11) is 4.03. The van der Waals surface area contributed by atoms with Crippen LogP contribution in [0.4, 0.5) is 5.69 Å². The van der Waals surface area contributed by atoms with Crippen molar-refractivity contribution in [3.05, 3.63) is 59.9 Å². The summed E-state index contributed by atoms with van der Waals surface area (Å²) in [6.07, 6.45) is 1.45. The lowest BCUT2D eigenvalue weighted by Crippen LogP contribution is -2.28. The van der Waals surface area contributed by atoms with Crippen LogP contribution in [0, 0.1) is 11.3 Å². The van der Waals surface area contributed by atoms with Crippen molar-refractivity contribution in [1.82, 2.24) is 5.32 Å². The van der Waals surface area contributed by atoms with Crippen molar-refractivity contribution in [3.8, 4) is 17.4 Å². The lowest BCUT2D eigenvalue weighted by atomic mass is 10.0. The van der Waals surface area contributed by atoms with Gasteiger partial charge in [0.05, 0.1) is 6.61 Å². The number of nitrogens with zero attached hydrogens (tertiary/aromatic N) is 2. The minimum atomic E-state index is -0.447. The van der Waals surface area contributed by atoms with Crippen molar-refractivity contribution in [2.75, 3.05) is 38.8 Å². The van der Waals surface area contributed by atoms with Gasteiger partial charge < -0.3 is 19.4 Å². The van der Waals surface area contributed by atoms with E-state index in [1.54, 1.807) is 6.07 Å². The fourth-order valence-corrected chi connectivity index (χ4v) is 3.02. The molecule has 0 aliphatic heterocycles. The van der Waals surface area contributed by atoms with Gasteiger partial charge in [-0.25, -0.2) is 0 Å². The maximum absolute atomic E-state index is 12.1. The highest BCUT2D eigenvalue weighted by Gasteiger charge is 2.11. The predicted molar refractivity (Wildman–Crippen MR) is 119 cm³/mol. The summed E-state index contributed by atoms with van der Waals surface area (Å²) in [5, 5.41) is 14.2. The minimum absolute atomic E-state index is 0.0119. The van der Waals surface area contributed by atoms with E-state index in [2.05, 4.69) is 40.5 Å². The second-order valence-electron chi connectivity index (χ2n) is 6.97. The monoisotopic (exact) mass is 403 g/mol. The zero-order valence-electron chi connectivity index (χ0n) is 17.4. The average Bonchev–Trinajstić information content (AvgIpc) is 3.22. The zero-order valence-corrected chi connectivity index (χ0v) is 17.4. The molecule has 1 heterocycles. The van der Waals surface area contributed by atoms with Gasteiger partial charge in [0, 0.05) is 44.6 Å². The number of rotatable bonds is 8. The fourth-order valence-electron chi connectivity index (χ4n) is 3.02. The highest BCUT2D eigenvalue weighted by atomic mass is 16.5. The maximum Gasteiger partial charge on any atom is 0.262 e. The van der Waals surface area contributed by atoms with Crippen LogP contribution < -0.4 is 10.2 Å². The number of nitrogens with one attached hydrogen (secondary N) is 1. The molecule has 0 bridgehead atoms. The van der Waals surface area contributed by atoms with E-state index in [9.17, 15) is 10.1 Å². The summed E-state index contributed by atoms with van der Waals surface area (Å²) in [6, 6.07) is 17.9. The molecular weight excluding hydrogens is 378 g/mol. The first-order valence-electron chi connectivity index (χ1n) is 9.81. The molecule has 0 atom stereocenters. The van der Waals surface area contributed by atoms with Crippen LogP contribution in [0.25, 0.3) is 28.2 Å². The first-order chi connectivity index (χ1) is 14.5. The summed E-state index contributed by atoms with van der Waals surface area (Å²) in [5.41, 5.74) is 2.06. The number of ether oxygens (including phenoxy) is 1. The summed E-state index contributed by atoms with van der Waals surface area (Å²) in [4.78, 5) is 14.2. The Morgan fingerprint density at radius 3 is 2.67 bits per heavy atom. The number of anilines is 1. The smallest absolute Gasteiger partial charge is 0.262 e. The Labute approximate surface area is 176 Å². The summed E-state index contributed by atoms with van der Waals surface area (Å²) in [5.74, 6) is 0.677. The molecule has 0 saturated carbocycles. The highest BCUT2D eigenvalue weighted by molar-refractivity contribution is 6.01. The van der Waals surface area contributed by atoms with Gasteiger partial charge in [-0.15, -0.1) is 0 Å². The normalized spacial score (nSPS) is 11.3. The van der Waals surface area contributed by atoms with Gasteiger partial charge in [0.25, 0.3) is 5.91 Å². The van der Waals surface area contributed by atoms with E-state index >= 15 is 0 Å². The van der Waals surface area contributed by atoms with Crippen LogP contribution in [-0.4, -0.2) is 39.8 Å². The average molecular weight is 403 g/mol. The molecule has 0 radical (unpaired) electrons. The quantitative estimate of drug-likeness (QED) is 0.346. The number of hydrogen-bond donors (Lipinski definition) is 1. The topological polar surface area (TPSA) is 78.5 Å². The van der Waals surface area contributed by atoms with E-state index in [1.807, 2.05) is 39.2 Å². The lowest BCUT2D eigenvalue weighted by Gasteiger charge is -2.13. The molecule has 0 aliphatic carbocycles. The Hall–Kier alpha value is -3.56. The van der Waals surface area contributed by atoms with Crippen molar-refractivity contribution in [2.24, 2.45) is 0 Å². The van der Waals surface area contributed by atoms with Crippen molar-refractivity contribution in [3.63, 3.8) is 0 Å². The molecule has 0 fully saturated rings. The third-order valence-electron chi connectivity index (χ3n) is 4.64. The molecule has 30 heavy (non-hydrogen) atoms. The standard InChI is InChI=1S/C24H25N3O3/c1-4-29-12-11-26-24(28)20(16-25)15-22-9-10-23(30-22)19-6-5-18-14-21(27(2)3)8-7-17(18)13-19/h5-10,13-15H,4,11-12H2,1-3H3,(H,26,28)/b20-15+. The van der Waals surface area contributed by atoms with Crippen molar-refractivity contribution in [1.29, 1.82) is 5.26 Å². The van der Waals surface area contributed by atoms with E-state index in [0.717, 1.165) is 22.0 Å². The van der Waals surface area contributed by atoms with Gasteiger partial charge in [-0.3, -0.25) is 4.79 Å². The van der Waals surface area contributed by atoms with Crippen LogP contribution in [-0.2, 0) is 9.53 Å². The second-order valence-corrected chi connectivity index (χ2v) is 6.97. The lowest BCUT2D eigenvalue weighted by molar-refractivity contribution is -0.117. The van der Waals surface area contributed by atoms with Crippen LogP contribution in [0.5, 0.6) is 0 Å². The van der Waals surface area contributed by atoms with E-state index in [-0.39, 0.29) is 5.57 Å². The Bertz CT molecular complexity index is 1110. The largest absolute Gasteiger partial charge is 0.457 e. The fraction of sp³-hybridized carbons (Fsp3) is 0.250. The predicted octanol–water partition coefficient (Wildman–Crippen LogP) is 4.23. The number of nitriles is 1. The van der Waals surface area contributed by atoms with E-state index in [4.69, 9.17) is 9.15 Å². The van der Waals surface area contributed by atoms with Crippen molar-refractivity contribution < 1.29 is 13.9 Å². The summed E-state index contributed by atoms with van der Waals surface area (Å²) >= 11 is 0. The third kappa shape index (κ3) is 5.07. The zero-order chi connectivity index (χ0) is 21.5. The van der Waals surface area contributed by atoms with E-state index in [1.165, 1.54) is 6.08 Å². The van der Waals surface area contributed by atoms with Gasteiger partial charge in [0.2, 0.25) is 0 Å². The Kier molecular flexibility index (Phi) is 6.89. The number of hydrogen-bond acceptors (Lipinski definition) is 5. The molecule has 1 N–H and O–H groups in total. The van der Waals surface area contributed by atoms with Gasteiger partial charge in [-0.05, 0) is 48.0 Å². The molecule has 2 aromatic carbocycles. The minimum Gasteiger partial charge on any atom is -0.457 e. The number of fused-ring (bicyclic) bond motifs is 1. The number of carbonyl (C=O) groups is 1. The van der Waals surface area contributed by atoms with Crippen LogP contribution in [0.15, 0.2) is 58.5 Å². The summed E-state index contributed by atoms with van der Waals surface area (Å²) < 4.78 is 11.0. The molecule has 0 saturated heterocycles. The molecule has 6 nitrogen and oxygen atoms in total. The molecule has 154 valence electrons. The summed E-state index contributed by atoms with van der Waals surface area (Å²) in [6.45, 7) is 3.22. The van der Waals surface area contributed by atoms with Gasteiger partial charge in [-0.2, -0.15) is 5.26 Å². The van der Waals surface area contributed by atoms with Gasteiger partial charge in [0.1, 0.15) is 23.2 Å². The molecule has 3 rings (SSSR count). The molecular formula is C24H25N3O3. The third-order valence-corrected chi connectivity index (χ3v) is 4.64. The van der Waals surface area contributed by atoms with Crippen LogP contribution in [0.2, 0.25) is 0 Å². The molecule has 0 unspecified atom stereocenters. The first kappa shape index (κ1) is 21.2.